The number of halogens is 2. The van der Waals surface area contributed by atoms with E-state index < -0.39 is 0 Å². The summed E-state index contributed by atoms with van der Waals surface area (Å²) in [4.78, 5) is 0. The number of hydrazone groups is 1. The number of para-hydroxylation sites is 1. The smallest absolute Gasteiger partial charge is 0.191 e. The predicted octanol–water partition coefficient (Wildman–Crippen LogP) is 5.94. The number of aromatic nitrogens is 1. The molecule has 27 heavy (non-hydrogen) atoms. The van der Waals surface area contributed by atoms with Gasteiger partial charge in [0.1, 0.15) is 0 Å². The number of nitrogens with zero attached hydrogens (tertiary/aromatic N) is 2. The lowest BCUT2D eigenvalue weighted by Crippen LogP contribution is -2.23. The van der Waals surface area contributed by atoms with Crippen molar-refractivity contribution in [2.45, 2.75) is 13.8 Å². The minimum absolute atomic E-state index is 0.440. The molecule has 0 aliphatic rings. The summed E-state index contributed by atoms with van der Waals surface area (Å²) >= 11 is 12.4. The molecule has 0 saturated heterocycles. The van der Waals surface area contributed by atoms with E-state index in [1.165, 1.54) is 0 Å². The molecule has 3 aromatic rings. The molecule has 2 aromatic carbocycles. The molecular formula is C20H18Br2N4S. The number of anilines is 1. The van der Waals surface area contributed by atoms with E-state index in [2.05, 4.69) is 78.3 Å². The topological polar surface area (TPSA) is 41.4 Å². The van der Waals surface area contributed by atoms with Crippen LogP contribution in [0.2, 0.25) is 0 Å². The molecule has 1 aromatic heterocycles. The second-order valence-electron chi connectivity index (χ2n) is 5.90. The highest BCUT2D eigenvalue weighted by molar-refractivity contribution is 9.10. The molecule has 138 valence electrons. The second-order valence-corrected chi connectivity index (χ2v) is 8.02. The zero-order valence-electron chi connectivity index (χ0n) is 14.8. The molecule has 4 nitrogen and oxygen atoms in total. The van der Waals surface area contributed by atoms with Crippen LogP contribution in [0, 0.1) is 13.8 Å². The molecule has 0 radical (unpaired) electrons. The largest absolute Gasteiger partial charge is 0.331 e. The Balaban J connectivity index is 1.77. The van der Waals surface area contributed by atoms with E-state index in [4.69, 9.17) is 12.2 Å². The Hall–Kier alpha value is -1.96. The zero-order valence-corrected chi connectivity index (χ0v) is 18.8. The van der Waals surface area contributed by atoms with Gasteiger partial charge in [0.05, 0.1) is 6.21 Å². The molecule has 0 fully saturated rings. The van der Waals surface area contributed by atoms with Gasteiger partial charge in [-0.2, -0.15) is 5.10 Å². The summed E-state index contributed by atoms with van der Waals surface area (Å²) in [5.41, 5.74) is 8.09. The Kier molecular flexibility index (Phi) is 6.46. The van der Waals surface area contributed by atoms with Gasteiger partial charge in [-0.15, -0.1) is 0 Å². The molecule has 0 spiro atoms. The summed E-state index contributed by atoms with van der Waals surface area (Å²) < 4.78 is 4.26. The Labute approximate surface area is 180 Å². The highest BCUT2D eigenvalue weighted by Crippen LogP contribution is 2.29. The van der Waals surface area contributed by atoms with Crippen molar-refractivity contribution in [1.82, 2.24) is 9.99 Å². The van der Waals surface area contributed by atoms with Crippen LogP contribution < -0.4 is 10.7 Å². The quantitative estimate of drug-likeness (QED) is 0.262. The molecule has 0 aliphatic heterocycles. The van der Waals surface area contributed by atoms with Gasteiger partial charge < -0.3 is 9.88 Å². The Morgan fingerprint density at radius 3 is 2.33 bits per heavy atom. The molecule has 2 N–H and O–H groups in total. The minimum Gasteiger partial charge on any atom is -0.331 e. The third kappa shape index (κ3) is 4.66. The van der Waals surface area contributed by atoms with Gasteiger partial charge in [-0.1, -0.05) is 34.1 Å². The van der Waals surface area contributed by atoms with Gasteiger partial charge in [0.2, 0.25) is 0 Å². The summed E-state index contributed by atoms with van der Waals surface area (Å²) in [5, 5.41) is 7.82. The lowest BCUT2D eigenvalue weighted by Gasteiger charge is -2.09. The van der Waals surface area contributed by atoms with Gasteiger partial charge in [-0.25, -0.2) is 0 Å². The molecule has 0 atom stereocenters. The van der Waals surface area contributed by atoms with Crippen molar-refractivity contribution in [2.24, 2.45) is 5.10 Å². The minimum atomic E-state index is 0.440. The van der Waals surface area contributed by atoms with Gasteiger partial charge in [-0.3, -0.25) is 5.43 Å². The van der Waals surface area contributed by atoms with E-state index in [1.807, 2.05) is 42.5 Å². The molecule has 0 saturated carbocycles. The molecule has 1 heterocycles. The Bertz CT molecular complexity index is 979. The highest BCUT2D eigenvalue weighted by Gasteiger charge is 2.15. The molecule has 0 unspecified atom stereocenters. The van der Waals surface area contributed by atoms with Crippen molar-refractivity contribution in [1.29, 1.82) is 0 Å². The zero-order chi connectivity index (χ0) is 19.4. The van der Waals surface area contributed by atoms with E-state index in [-0.39, 0.29) is 0 Å². The average Bonchev–Trinajstić information content (AvgIpc) is 2.87. The maximum atomic E-state index is 5.28. The van der Waals surface area contributed by atoms with Crippen LogP contribution in [0.1, 0.15) is 17.0 Å². The lowest BCUT2D eigenvalue weighted by molar-refractivity contribution is 0.961. The molecule has 0 bridgehead atoms. The van der Waals surface area contributed by atoms with Crippen molar-refractivity contribution in [3.05, 3.63) is 80.5 Å². The van der Waals surface area contributed by atoms with Crippen LogP contribution in [0.5, 0.6) is 0 Å². The van der Waals surface area contributed by atoms with Crippen LogP contribution in [0.25, 0.3) is 5.69 Å². The first-order valence-corrected chi connectivity index (χ1v) is 10.2. The summed E-state index contributed by atoms with van der Waals surface area (Å²) in [6, 6.07) is 18.0. The van der Waals surface area contributed by atoms with E-state index in [0.29, 0.717) is 5.11 Å². The van der Waals surface area contributed by atoms with Crippen molar-refractivity contribution in [2.75, 3.05) is 5.32 Å². The van der Waals surface area contributed by atoms with Crippen LogP contribution in [0.3, 0.4) is 0 Å². The van der Waals surface area contributed by atoms with E-state index in [9.17, 15) is 0 Å². The third-order valence-electron chi connectivity index (χ3n) is 4.09. The molecule has 7 heteroatoms. The van der Waals surface area contributed by atoms with Gasteiger partial charge >= 0.3 is 0 Å². The fraction of sp³-hybridized carbons (Fsp3) is 0.100. The highest BCUT2D eigenvalue weighted by atomic mass is 79.9. The van der Waals surface area contributed by atoms with E-state index >= 15 is 0 Å². The average molecular weight is 506 g/mol. The standard InChI is InChI=1S/C20H18Br2N4S/c1-13-18(12-23-25-20(27)24-16-6-4-3-5-7-16)19(22)14(2)26(13)17-10-8-15(21)9-11-17/h3-12H,1-2H3,(H2,24,25,27)/b23-12+. The molecule has 0 aliphatic carbocycles. The summed E-state index contributed by atoms with van der Waals surface area (Å²) in [7, 11) is 0. The molecule has 3 rings (SSSR count). The number of rotatable bonds is 4. The van der Waals surface area contributed by atoms with E-state index in [1.54, 1.807) is 6.21 Å². The Morgan fingerprint density at radius 2 is 1.67 bits per heavy atom. The van der Waals surface area contributed by atoms with E-state index in [0.717, 1.165) is 37.3 Å². The van der Waals surface area contributed by atoms with Crippen LogP contribution >= 0.6 is 44.1 Å². The molecule has 0 amide bonds. The normalized spacial score (nSPS) is 11.0. The summed E-state index contributed by atoms with van der Waals surface area (Å²) in [6.07, 6.45) is 1.78. The number of thiocarbonyl (C=S) groups is 1. The third-order valence-corrected chi connectivity index (χ3v) is 5.81. The van der Waals surface area contributed by atoms with Gasteiger partial charge in [-0.05, 0) is 78.4 Å². The van der Waals surface area contributed by atoms with Gasteiger partial charge in [0.15, 0.2) is 5.11 Å². The SMILES string of the molecule is Cc1c(Br)c(/C=N/NC(=S)Nc2ccccc2)c(C)n1-c1ccc(Br)cc1. The first-order chi connectivity index (χ1) is 13.0. The fourth-order valence-electron chi connectivity index (χ4n) is 2.79. The van der Waals surface area contributed by atoms with Crippen LogP contribution in [-0.4, -0.2) is 15.9 Å². The number of hydrogen-bond donors (Lipinski definition) is 2. The maximum Gasteiger partial charge on any atom is 0.191 e. The number of benzene rings is 2. The number of nitrogens with one attached hydrogen (secondary N) is 2. The van der Waals surface area contributed by atoms with Crippen molar-refractivity contribution in [3.63, 3.8) is 0 Å². The van der Waals surface area contributed by atoms with Crippen molar-refractivity contribution >= 4 is 61.1 Å². The number of hydrogen-bond acceptors (Lipinski definition) is 2. The fourth-order valence-corrected chi connectivity index (χ4v) is 3.79. The second kappa shape index (κ2) is 8.82. The lowest BCUT2D eigenvalue weighted by atomic mass is 10.2. The monoisotopic (exact) mass is 504 g/mol. The van der Waals surface area contributed by atoms with Crippen molar-refractivity contribution < 1.29 is 0 Å². The Morgan fingerprint density at radius 1 is 1.00 bits per heavy atom. The predicted molar refractivity (Wildman–Crippen MR) is 124 cm³/mol. The van der Waals surface area contributed by atoms with Gasteiger partial charge in [0, 0.05) is 37.3 Å². The summed E-state index contributed by atoms with van der Waals surface area (Å²) in [6.45, 7) is 4.15. The maximum absolute atomic E-state index is 5.28. The first kappa shape index (κ1) is 19.8. The van der Waals surface area contributed by atoms with Crippen LogP contribution in [-0.2, 0) is 0 Å². The van der Waals surface area contributed by atoms with Crippen LogP contribution in [0.15, 0.2) is 68.6 Å². The van der Waals surface area contributed by atoms with Crippen molar-refractivity contribution in [3.8, 4) is 5.69 Å². The summed E-state index contributed by atoms with van der Waals surface area (Å²) in [5.74, 6) is 0. The first-order valence-electron chi connectivity index (χ1n) is 8.26. The van der Waals surface area contributed by atoms with Gasteiger partial charge in [0.25, 0.3) is 0 Å². The van der Waals surface area contributed by atoms with Crippen LogP contribution in [0.4, 0.5) is 5.69 Å². The molecular weight excluding hydrogens is 488 g/mol.